The Labute approximate surface area is 190 Å². The van der Waals surface area contributed by atoms with Crippen LogP contribution in [-0.4, -0.2) is 55.4 Å². The molecule has 3 fully saturated rings. The van der Waals surface area contributed by atoms with E-state index in [1.54, 1.807) is 12.3 Å². The minimum Gasteiger partial charge on any atom is -0.378 e. The van der Waals surface area contributed by atoms with Crippen LogP contribution in [0.3, 0.4) is 0 Å². The highest BCUT2D eigenvalue weighted by Gasteiger charge is 2.59. The summed E-state index contributed by atoms with van der Waals surface area (Å²) in [7, 11) is 0. The number of guanidine groups is 1. The molecule has 0 amide bonds. The highest BCUT2D eigenvalue weighted by atomic mass is 127. The van der Waals surface area contributed by atoms with E-state index in [-0.39, 0.29) is 35.8 Å². The Hall–Kier alpha value is -1.16. The molecule has 3 atom stereocenters. The number of rotatable bonds is 6. The van der Waals surface area contributed by atoms with Crippen LogP contribution in [0.5, 0.6) is 0 Å². The zero-order chi connectivity index (χ0) is 19.6. The summed E-state index contributed by atoms with van der Waals surface area (Å²) in [6.45, 7) is 7.18. The number of pyridine rings is 1. The van der Waals surface area contributed by atoms with Crippen molar-refractivity contribution in [1.82, 2.24) is 15.6 Å². The lowest BCUT2D eigenvalue weighted by molar-refractivity contribution is -0.168. The molecule has 4 rings (SSSR count). The van der Waals surface area contributed by atoms with Crippen molar-refractivity contribution in [2.45, 2.75) is 64.1 Å². The molecule has 8 heteroatoms. The largest absolute Gasteiger partial charge is 0.378 e. The van der Waals surface area contributed by atoms with Gasteiger partial charge in [0.05, 0.1) is 6.10 Å². The Morgan fingerprint density at radius 1 is 1.38 bits per heavy atom. The topological polar surface area (TPSA) is 61.8 Å². The fraction of sp³-hybridized carbons (Fsp3) is 0.714. The first-order valence-electron chi connectivity index (χ1n) is 10.7. The van der Waals surface area contributed by atoms with Crippen LogP contribution in [0, 0.1) is 11.2 Å². The van der Waals surface area contributed by atoms with Crippen LogP contribution >= 0.6 is 24.0 Å². The van der Waals surface area contributed by atoms with E-state index >= 15 is 0 Å². The third kappa shape index (κ3) is 4.47. The van der Waals surface area contributed by atoms with Gasteiger partial charge < -0.3 is 20.3 Å². The van der Waals surface area contributed by atoms with Gasteiger partial charge in [-0.15, -0.1) is 24.0 Å². The summed E-state index contributed by atoms with van der Waals surface area (Å²) in [5.41, 5.74) is 0.297. The lowest BCUT2D eigenvalue weighted by Gasteiger charge is -2.61. The average Bonchev–Trinajstić information content (AvgIpc) is 3.08. The summed E-state index contributed by atoms with van der Waals surface area (Å²) in [6.07, 6.45) is 7.80. The van der Waals surface area contributed by atoms with Crippen molar-refractivity contribution >= 4 is 35.8 Å². The Morgan fingerprint density at radius 3 is 2.86 bits per heavy atom. The third-order valence-electron chi connectivity index (χ3n) is 6.63. The van der Waals surface area contributed by atoms with Gasteiger partial charge in [0.1, 0.15) is 0 Å². The summed E-state index contributed by atoms with van der Waals surface area (Å²) in [5, 5.41) is 7.25. The molecule has 0 radical (unpaired) electrons. The fourth-order valence-corrected chi connectivity index (χ4v) is 4.97. The molecule has 0 aromatic carbocycles. The van der Waals surface area contributed by atoms with Gasteiger partial charge in [0.15, 0.2) is 17.6 Å². The average molecular weight is 517 g/mol. The maximum absolute atomic E-state index is 14.0. The maximum Gasteiger partial charge on any atom is 0.191 e. The van der Waals surface area contributed by atoms with E-state index in [1.807, 2.05) is 4.90 Å². The molecular weight excluding hydrogens is 484 g/mol. The van der Waals surface area contributed by atoms with E-state index < -0.39 is 0 Å². The number of anilines is 1. The van der Waals surface area contributed by atoms with E-state index in [0.29, 0.717) is 23.4 Å². The van der Waals surface area contributed by atoms with Crippen LogP contribution in [-0.2, 0) is 4.74 Å². The third-order valence-corrected chi connectivity index (χ3v) is 6.63. The minimum absolute atomic E-state index is 0. The van der Waals surface area contributed by atoms with E-state index in [1.165, 1.54) is 25.3 Å². The minimum atomic E-state index is -0.257. The molecule has 1 aliphatic heterocycles. The molecule has 1 spiro atoms. The molecule has 2 N–H and O–H groups in total. The number of halogens is 2. The van der Waals surface area contributed by atoms with Crippen molar-refractivity contribution in [1.29, 1.82) is 0 Å². The van der Waals surface area contributed by atoms with Gasteiger partial charge in [-0.1, -0.05) is 6.42 Å². The summed E-state index contributed by atoms with van der Waals surface area (Å²) >= 11 is 0. The molecular formula is C21H33FIN5O. The number of hydrogen-bond donors (Lipinski definition) is 2. The molecule has 29 heavy (non-hydrogen) atoms. The van der Waals surface area contributed by atoms with E-state index in [0.717, 1.165) is 45.0 Å². The van der Waals surface area contributed by atoms with Crippen molar-refractivity contribution in [3.05, 3.63) is 24.1 Å². The highest BCUT2D eigenvalue weighted by Crippen LogP contribution is 2.57. The molecule has 1 aromatic rings. The number of nitrogens with zero attached hydrogens (tertiary/aromatic N) is 3. The second-order valence-corrected chi connectivity index (χ2v) is 8.17. The number of hydrogen-bond acceptors (Lipinski definition) is 4. The molecule has 162 valence electrons. The Bertz CT molecular complexity index is 714. The second kappa shape index (κ2) is 9.76. The standard InChI is InChI=1S/C21H32FN5O.HI/c1-3-23-20(26-17-13-18(28-4-2)21(17)9-6-10-21)25-15-8-12-27(14-15)19-16(22)7-5-11-24-19;/h5,7,11,15,17-18H,3-4,6,8-10,12-14H2,1-2H3,(H2,23,25,26);1H. The first-order valence-corrected chi connectivity index (χ1v) is 10.7. The number of nitrogens with one attached hydrogen (secondary N) is 2. The first kappa shape index (κ1) is 22.5. The van der Waals surface area contributed by atoms with Crippen molar-refractivity contribution in [2.75, 3.05) is 31.1 Å². The maximum atomic E-state index is 14.0. The fourth-order valence-electron chi connectivity index (χ4n) is 4.97. The quantitative estimate of drug-likeness (QED) is 0.345. The molecule has 3 aliphatic rings. The smallest absolute Gasteiger partial charge is 0.191 e. The molecule has 0 bridgehead atoms. The van der Waals surface area contributed by atoms with Crippen molar-refractivity contribution in [2.24, 2.45) is 10.4 Å². The molecule has 1 saturated heterocycles. The summed E-state index contributed by atoms with van der Waals surface area (Å²) < 4.78 is 20.0. The zero-order valence-corrected chi connectivity index (χ0v) is 19.7. The number of ether oxygens (including phenoxy) is 1. The van der Waals surface area contributed by atoms with E-state index in [4.69, 9.17) is 4.74 Å². The first-order chi connectivity index (χ1) is 13.7. The normalized spacial score (nSPS) is 27.8. The lowest BCUT2D eigenvalue weighted by Crippen LogP contribution is -2.69. The van der Waals surface area contributed by atoms with E-state index in [2.05, 4.69) is 34.5 Å². The summed E-state index contributed by atoms with van der Waals surface area (Å²) in [5.74, 6) is 1.06. The predicted molar refractivity (Wildman–Crippen MR) is 125 cm³/mol. The molecule has 2 heterocycles. The summed E-state index contributed by atoms with van der Waals surface area (Å²) in [6, 6.07) is 3.77. The predicted octanol–water partition coefficient (Wildman–Crippen LogP) is 3.32. The van der Waals surface area contributed by atoms with Gasteiger partial charge in [0.2, 0.25) is 0 Å². The molecule has 6 nitrogen and oxygen atoms in total. The zero-order valence-electron chi connectivity index (χ0n) is 17.4. The van der Waals surface area contributed by atoms with Crippen LogP contribution < -0.4 is 15.5 Å². The van der Waals surface area contributed by atoms with Crippen molar-refractivity contribution in [3.63, 3.8) is 0 Å². The van der Waals surface area contributed by atoms with Crippen LogP contribution in [0.1, 0.15) is 46.0 Å². The van der Waals surface area contributed by atoms with Crippen molar-refractivity contribution in [3.8, 4) is 0 Å². The second-order valence-electron chi connectivity index (χ2n) is 8.17. The van der Waals surface area contributed by atoms with Gasteiger partial charge in [-0.05, 0) is 51.7 Å². The summed E-state index contributed by atoms with van der Waals surface area (Å²) in [4.78, 5) is 10.9. The van der Waals surface area contributed by atoms with Gasteiger partial charge in [-0.3, -0.25) is 4.99 Å². The molecule has 3 unspecified atom stereocenters. The number of aromatic nitrogens is 1. The molecule has 1 aromatic heterocycles. The Balaban J connectivity index is 0.00000240. The Morgan fingerprint density at radius 2 is 2.21 bits per heavy atom. The van der Waals surface area contributed by atoms with Crippen LogP contribution in [0.2, 0.25) is 0 Å². The highest BCUT2D eigenvalue weighted by molar-refractivity contribution is 14.0. The van der Waals surface area contributed by atoms with Gasteiger partial charge in [0.25, 0.3) is 0 Å². The van der Waals surface area contributed by atoms with E-state index in [9.17, 15) is 4.39 Å². The Kier molecular flexibility index (Phi) is 7.58. The van der Waals surface area contributed by atoms with Crippen molar-refractivity contribution < 1.29 is 9.13 Å². The van der Waals surface area contributed by atoms with Gasteiger partial charge in [-0.2, -0.15) is 0 Å². The monoisotopic (exact) mass is 517 g/mol. The molecule has 2 aliphatic carbocycles. The lowest BCUT2D eigenvalue weighted by atomic mass is 9.51. The molecule has 2 saturated carbocycles. The number of aliphatic imine (C=N–C) groups is 1. The van der Waals surface area contributed by atoms with Crippen LogP contribution in [0.25, 0.3) is 0 Å². The van der Waals surface area contributed by atoms with Crippen LogP contribution in [0.4, 0.5) is 10.2 Å². The van der Waals surface area contributed by atoms with Gasteiger partial charge in [-0.25, -0.2) is 9.37 Å². The SMILES string of the molecule is CCN=C(NC1CCN(c2ncccc2F)C1)NC1CC(OCC)C12CCC2.I. The van der Waals surface area contributed by atoms with Crippen LogP contribution in [0.15, 0.2) is 23.3 Å². The van der Waals surface area contributed by atoms with Gasteiger partial charge in [0, 0.05) is 49.9 Å². The van der Waals surface area contributed by atoms with Gasteiger partial charge >= 0.3 is 0 Å².